The second-order valence-electron chi connectivity index (χ2n) is 6.62. The summed E-state index contributed by atoms with van der Waals surface area (Å²) in [6.45, 7) is -0.460. The van der Waals surface area contributed by atoms with Gasteiger partial charge in [-0.2, -0.15) is 13.2 Å². The Hall–Kier alpha value is -2.76. The van der Waals surface area contributed by atoms with Crippen LogP contribution in [0.5, 0.6) is 11.5 Å². The molecule has 0 radical (unpaired) electrons. The van der Waals surface area contributed by atoms with E-state index in [1.54, 1.807) is 24.3 Å². The maximum Gasteiger partial charge on any atom is 0.417 e. The number of methoxy groups -OCH3 is 2. The van der Waals surface area contributed by atoms with Crippen LogP contribution in [0, 0.1) is 0 Å². The van der Waals surface area contributed by atoms with Crippen LogP contribution < -0.4 is 14.8 Å². The Labute approximate surface area is 201 Å². The van der Waals surface area contributed by atoms with Crippen molar-refractivity contribution in [3.8, 4) is 11.5 Å². The number of benzene rings is 2. The second kappa shape index (κ2) is 10.0. The summed E-state index contributed by atoms with van der Waals surface area (Å²) < 4.78 is 49.6. The van der Waals surface area contributed by atoms with E-state index in [1.165, 1.54) is 20.3 Å². The molecule has 1 fully saturated rings. The van der Waals surface area contributed by atoms with Gasteiger partial charge in [0.2, 0.25) is 5.91 Å². The van der Waals surface area contributed by atoms with Crippen LogP contribution in [0.4, 0.5) is 18.9 Å². The van der Waals surface area contributed by atoms with Gasteiger partial charge in [0, 0.05) is 5.69 Å². The maximum atomic E-state index is 13.0. The van der Waals surface area contributed by atoms with E-state index in [9.17, 15) is 22.8 Å². The van der Waals surface area contributed by atoms with Gasteiger partial charge < -0.3 is 14.8 Å². The summed E-state index contributed by atoms with van der Waals surface area (Å²) >= 11 is 11.8. The number of thiocarbonyl (C=S) groups is 1. The molecule has 174 valence electrons. The maximum absolute atomic E-state index is 13.0. The summed E-state index contributed by atoms with van der Waals surface area (Å²) in [6, 6.07) is 8.07. The minimum absolute atomic E-state index is 0.108. The van der Waals surface area contributed by atoms with Crippen molar-refractivity contribution >= 4 is 63.5 Å². The van der Waals surface area contributed by atoms with Crippen LogP contribution in [0.15, 0.2) is 41.3 Å². The van der Waals surface area contributed by atoms with Crippen molar-refractivity contribution in [2.24, 2.45) is 0 Å². The molecule has 1 aliphatic heterocycles. The van der Waals surface area contributed by atoms with Gasteiger partial charge in [-0.05, 0) is 42.0 Å². The molecule has 0 atom stereocenters. The number of thioether (sulfide) groups is 1. The summed E-state index contributed by atoms with van der Waals surface area (Å²) in [5.41, 5.74) is -0.535. The standard InChI is InChI=1S/C21H16ClF3N2O4S2/c1-30-15-6-3-11(7-16(15)31-2)8-17-19(29)27(20(32)33-17)10-18(28)26-12-4-5-14(22)13(9-12)21(23,24)25/h3-9H,10H2,1-2H3,(H,26,28)/b17-8-. The summed E-state index contributed by atoms with van der Waals surface area (Å²) in [7, 11) is 2.99. The van der Waals surface area contributed by atoms with E-state index in [-0.39, 0.29) is 14.9 Å². The van der Waals surface area contributed by atoms with Crippen LogP contribution in [-0.2, 0) is 15.8 Å². The topological polar surface area (TPSA) is 67.9 Å². The lowest BCUT2D eigenvalue weighted by molar-refractivity contribution is -0.137. The molecule has 2 aromatic carbocycles. The highest BCUT2D eigenvalue weighted by Gasteiger charge is 2.35. The number of hydrogen-bond donors (Lipinski definition) is 1. The average molecular weight is 517 g/mol. The third-order valence-corrected chi connectivity index (χ3v) is 6.14. The fourth-order valence-corrected chi connectivity index (χ4v) is 4.37. The monoisotopic (exact) mass is 516 g/mol. The number of carbonyl (C=O) groups is 2. The number of hydrogen-bond acceptors (Lipinski definition) is 6. The molecule has 2 aromatic rings. The Morgan fingerprint density at radius 2 is 1.88 bits per heavy atom. The molecule has 0 aromatic heterocycles. The van der Waals surface area contributed by atoms with Crippen molar-refractivity contribution in [1.29, 1.82) is 0 Å². The summed E-state index contributed by atoms with van der Waals surface area (Å²) in [6.07, 6.45) is -3.08. The summed E-state index contributed by atoms with van der Waals surface area (Å²) in [5.74, 6) is -0.215. The number of halogens is 4. The molecule has 1 heterocycles. The number of ether oxygens (including phenoxy) is 2. The molecule has 12 heteroatoms. The third kappa shape index (κ3) is 5.79. The predicted octanol–water partition coefficient (Wildman–Crippen LogP) is 5.22. The molecule has 0 unspecified atom stereocenters. The molecule has 3 rings (SSSR count). The zero-order valence-corrected chi connectivity index (χ0v) is 19.5. The first-order valence-electron chi connectivity index (χ1n) is 9.17. The molecular formula is C21H16ClF3N2O4S2. The Morgan fingerprint density at radius 1 is 1.18 bits per heavy atom. The smallest absolute Gasteiger partial charge is 0.417 e. The highest BCUT2D eigenvalue weighted by molar-refractivity contribution is 8.26. The van der Waals surface area contributed by atoms with Crippen molar-refractivity contribution in [3.63, 3.8) is 0 Å². The van der Waals surface area contributed by atoms with Gasteiger partial charge in [-0.25, -0.2) is 0 Å². The Balaban J connectivity index is 1.73. The zero-order chi connectivity index (χ0) is 24.3. The number of nitrogens with one attached hydrogen (secondary N) is 1. The van der Waals surface area contributed by atoms with E-state index in [1.807, 2.05) is 0 Å². The molecule has 1 N–H and O–H groups in total. The highest BCUT2D eigenvalue weighted by atomic mass is 35.5. The molecule has 1 saturated heterocycles. The number of carbonyl (C=O) groups excluding carboxylic acids is 2. The first-order valence-corrected chi connectivity index (χ1v) is 10.8. The van der Waals surface area contributed by atoms with Crippen molar-refractivity contribution in [2.75, 3.05) is 26.1 Å². The van der Waals surface area contributed by atoms with Gasteiger partial charge in [-0.15, -0.1) is 0 Å². The lowest BCUT2D eigenvalue weighted by Gasteiger charge is -2.15. The number of alkyl halides is 3. The molecule has 2 amide bonds. The van der Waals surface area contributed by atoms with Gasteiger partial charge in [0.25, 0.3) is 5.91 Å². The molecule has 0 bridgehead atoms. The molecule has 33 heavy (non-hydrogen) atoms. The zero-order valence-electron chi connectivity index (χ0n) is 17.2. The van der Waals surface area contributed by atoms with Crippen molar-refractivity contribution < 1.29 is 32.2 Å². The van der Waals surface area contributed by atoms with Crippen LogP contribution in [-0.4, -0.2) is 41.8 Å². The van der Waals surface area contributed by atoms with E-state index in [0.717, 1.165) is 28.8 Å². The van der Waals surface area contributed by atoms with Gasteiger partial charge in [0.1, 0.15) is 10.9 Å². The van der Waals surface area contributed by atoms with Crippen LogP contribution in [0.1, 0.15) is 11.1 Å². The molecule has 1 aliphatic rings. The van der Waals surface area contributed by atoms with Gasteiger partial charge in [0.05, 0.1) is 29.7 Å². The van der Waals surface area contributed by atoms with Crippen molar-refractivity contribution in [3.05, 3.63) is 57.5 Å². The highest BCUT2D eigenvalue weighted by Crippen LogP contribution is 2.37. The van der Waals surface area contributed by atoms with Crippen LogP contribution in [0.2, 0.25) is 5.02 Å². The largest absolute Gasteiger partial charge is 0.493 e. The first-order chi connectivity index (χ1) is 15.5. The molecule has 0 saturated carbocycles. The average Bonchev–Trinajstić information content (AvgIpc) is 3.01. The van der Waals surface area contributed by atoms with E-state index in [2.05, 4.69) is 5.32 Å². The minimum atomic E-state index is -4.68. The fourth-order valence-electron chi connectivity index (χ4n) is 2.89. The Bertz CT molecular complexity index is 1150. The van der Waals surface area contributed by atoms with Crippen LogP contribution in [0.3, 0.4) is 0 Å². The fraction of sp³-hybridized carbons (Fsp3) is 0.190. The van der Waals surface area contributed by atoms with E-state index < -0.39 is 35.1 Å². The molecule has 0 spiro atoms. The van der Waals surface area contributed by atoms with E-state index in [4.69, 9.17) is 33.3 Å². The number of nitrogens with zero attached hydrogens (tertiary/aromatic N) is 1. The first kappa shape index (κ1) is 24.9. The van der Waals surface area contributed by atoms with Crippen LogP contribution >= 0.6 is 35.6 Å². The van der Waals surface area contributed by atoms with Crippen molar-refractivity contribution in [1.82, 2.24) is 4.90 Å². The molecule has 0 aliphatic carbocycles. The molecular weight excluding hydrogens is 501 g/mol. The number of rotatable bonds is 6. The Kier molecular flexibility index (Phi) is 7.55. The number of anilines is 1. The lowest BCUT2D eigenvalue weighted by Crippen LogP contribution is -2.36. The lowest BCUT2D eigenvalue weighted by atomic mass is 10.2. The predicted molar refractivity (Wildman–Crippen MR) is 125 cm³/mol. The summed E-state index contributed by atoms with van der Waals surface area (Å²) in [5, 5.41) is 1.84. The van der Waals surface area contributed by atoms with Gasteiger partial charge in [0.15, 0.2) is 11.5 Å². The second-order valence-corrected chi connectivity index (χ2v) is 8.71. The van der Waals surface area contributed by atoms with Gasteiger partial charge >= 0.3 is 6.18 Å². The summed E-state index contributed by atoms with van der Waals surface area (Å²) in [4.78, 5) is 26.5. The molecule has 6 nitrogen and oxygen atoms in total. The van der Waals surface area contributed by atoms with Gasteiger partial charge in [-0.1, -0.05) is 41.6 Å². The quantitative estimate of drug-likeness (QED) is 0.419. The SMILES string of the molecule is COc1ccc(/C=C2\SC(=S)N(CC(=O)Nc3ccc(Cl)c(C(F)(F)F)c3)C2=O)cc1OC. The van der Waals surface area contributed by atoms with Gasteiger partial charge in [-0.3, -0.25) is 14.5 Å². The van der Waals surface area contributed by atoms with Crippen molar-refractivity contribution in [2.45, 2.75) is 6.18 Å². The minimum Gasteiger partial charge on any atom is -0.493 e. The van der Waals surface area contributed by atoms with E-state index in [0.29, 0.717) is 17.1 Å². The Morgan fingerprint density at radius 3 is 2.52 bits per heavy atom. The normalized spacial score (nSPS) is 15.2. The number of amides is 2. The third-order valence-electron chi connectivity index (χ3n) is 4.44. The van der Waals surface area contributed by atoms with Crippen LogP contribution in [0.25, 0.3) is 6.08 Å². The van der Waals surface area contributed by atoms with E-state index >= 15 is 0 Å².